The zero-order valence-electron chi connectivity index (χ0n) is 12.4. The normalized spacial score (nSPS) is 21.0. The molecule has 0 saturated carbocycles. The molecule has 2 aromatic rings. The average Bonchev–Trinajstić information content (AvgIpc) is 2.96. The summed E-state index contributed by atoms with van der Waals surface area (Å²) >= 11 is 12.1. The van der Waals surface area contributed by atoms with Gasteiger partial charge in [0.25, 0.3) is 5.91 Å². The summed E-state index contributed by atoms with van der Waals surface area (Å²) in [5, 5.41) is 7.26. The average molecular weight is 354 g/mol. The summed E-state index contributed by atoms with van der Waals surface area (Å²) in [4.78, 5) is 26.1. The Morgan fingerprint density at radius 3 is 2.65 bits per heavy atom. The van der Waals surface area contributed by atoms with Gasteiger partial charge in [0.2, 0.25) is 0 Å². The Morgan fingerprint density at radius 2 is 2.04 bits per heavy atom. The van der Waals surface area contributed by atoms with E-state index in [1.54, 1.807) is 32.0 Å². The number of imide groups is 1. The van der Waals surface area contributed by atoms with E-state index in [4.69, 9.17) is 27.7 Å². The van der Waals surface area contributed by atoms with E-state index in [1.807, 2.05) is 0 Å². The van der Waals surface area contributed by atoms with Gasteiger partial charge in [0, 0.05) is 21.7 Å². The lowest BCUT2D eigenvalue weighted by Crippen LogP contribution is -2.41. The van der Waals surface area contributed by atoms with E-state index in [9.17, 15) is 9.59 Å². The summed E-state index contributed by atoms with van der Waals surface area (Å²) < 4.78 is 4.96. The second kappa shape index (κ2) is 5.54. The number of carbonyl (C=O) groups excluding carboxylic acids is 2. The molecule has 8 heteroatoms. The lowest BCUT2D eigenvalue weighted by Gasteiger charge is -2.23. The fraction of sp³-hybridized carbons (Fsp3) is 0.267. The summed E-state index contributed by atoms with van der Waals surface area (Å²) in [6.45, 7) is 3.37. The van der Waals surface area contributed by atoms with E-state index in [-0.39, 0.29) is 6.54 Å². The first kappa shape index (κ1) is 15.8. The number of rotatable bonds is 3. The van der Waals surface area contributed by atoms with Crippen LogP contribution in [-0.2, 0) is 16.9 Å². The number of benzene rings is 1. The van der Waals surface area contributed by atoms with Crippen LogP contribution in [0.15, 0.2) is 28.8 Å². The number of carbonyl (C=O) groups is 2. The van der Waals surface area contributed by atoms with E-state index >= 15 is 0 Å². The molecule has 0 spiro atoms. The fourth-order valence-electron chi connectivity index (χ4n) is 2.57. The molecule has 0 radical (unpaired) electrons. The summed E-state index contributed by atoms with van der Waals surface area (Å²) in [6.07, 6.45) is 0. The molecule has 1 atom stereocenters. The minimum atomic E-state index is -1.25. The molecule has 2 heterocycles. The van der Waals surface area contributed by atoms with Gasteiger partial charge in [-0.2, -0.15) is 0 Å². The maximum atomic E-state index is 12.8. The van der Waals surface area contributed by atoms with Gasteiger partial charge < -0.3 is 9.84 Å². The van der Waals surface area contributed by atoms with Crippen molar-refractivity contribution in [3.63, 3.8) is 0 Å². The van der Waals surface area contributed by atoms with Gasteiger partial charge in [-0.3, -0.25) is 9.69 Å². The van der Waals surface area contributed by atoms with Crippen molar-refractivity contribution >= 4 is 35.1 Å². The molecule has 6 nitrogen and oxygen atoms in total. The van der Waals surface area contributed by atoms with Gasteiger partial charge in [-0.1, -0.05) is 34.4 Å². The third-order valence-corrected chi connectivity index (χ3v) is 4.29. The predicted molar refractivity (Wildman–Crippen MR) is 84.1 cm³/mol. The molecule has 1 fully saturated rings. The SMILES string of the molecule is Cc1cc(CN2C(=O)N[C@](C)(c3ccc(Cl)cc3Cl)C2=O)no1. The number of aryl methyl sites for hydroxylation is 1. The van der Waals surface area contributed by atoms with Crippen LogP contribution in [0.4, 0.5) is 4.79 Å². The lowest BCUT2D eigenvalue weighted by atomic mass is 9.92. The Balaban J connectivity index is 1.93. The molecule has 1 aliphatic rings. The highest BCUT2D eigenvalue weighted by atomic mass is 35.5. The van der Waals surface area contributed by atoms with Gasteiger partial charge in [-0.15, -0.1) is 0 Å². The third-order valence-electron chi connectivity index (χ3n) is 3.74. The van der Waals surface area contributed by atoms with Crippen LogP contribution in [0.5, 0.6) is 0 Å². The van der Waals surface area contributed by atoms with E-state index in [1.165, 1.54) is 6.07 Å². The van der Waals surface area contributed by atoms with Crippen molar-refractivity contribution in [2.75, 3.05) is 0 Å². The molecular formula is C15H13Cl2N3O3. The number of nitrogens with one attached hydrogen (secondary N) is 1. The number of hydrogen-bond acceptors (Lipinski definition) is 4. The van der Waals surface area contributed by atoms with Crippen molar-refractivity contribution in [1.82, 2.24) is 15.4 Å². The maximum absolute atomic E-state index is 12.8. The Bertz CT molecular complexity index is 805. The molecule has 1 aromatic heterocycles. The second-order valence-corrected chi connectivity index (χ2v) is 6.34. The quantitative estimate of drug-likeness (QED) is 0.859. The van der Waals surface area contributed by atoms with Crippen molar-refractivity contribution in [2.24, 2.45) is 0 Å². The Hall–Kier alpha value is -2.05. The monoisotopic (exact) mass is 353 g/mol. The largest absolute Gasteiger partial charge is 0.361 e. The third kappa shape index (κ3) is 2.68. The van der Waals surface area contributed by atoms with Gasteiger partial charge in [0.15, 0.2) is 0 Å². The van der Waals surface area contributed by atoms with E-state index in [0.717, 1.165) is 4.90 Å². The van der Waals surface area contributed by atoms with Gasteiger partial charge in [-0.25, -0.2) is 4.79 Å². The number of aromatic nitrogens is 1. The van der Waals surface area contributed by atoms with Crippen molar-refractivity contribution in [3.05, 3.63) is 51.3 Å². The van der Waals surface area contributed by atoms with E-state index < -0.39 is 17.5 Å². The van der Waals surface area contributed by atoms with E-state index in [0.29, 0.717) is 27.1 Å². The zero-order chi connectivity index (χ0) is 16.8. The van der Waals surface area contributed by atoms with Crippen LogP contribution in [0.3, 0.4) is 0 Å². The van der Waals surface area contributed by atoms with Crippen molar-refractivity contribution in [1.29, 1.82) is 0 Å². The molecule has 1 aromatic carbocycles. The molecule has 1 N–H and O–H groups in total. The molecule has 23 heavy (non-hydrogen) atoms. The fourth-order valence-corrected chi connectivity index (χ4v) is 3.17. The standard InChI is InChI=1S/C15H13Cl2N3O3/c1-8-5-10(19-23-8)7-20-13(21)15(2,18-14(20)22)11-4-3-9(16)6-12(11)17/h3-6H,7H2,1-2H3,(H,18,22)/t15-/m1/s1. The number of halogens is 2. The highest BCUT2D eigenvalue weighted by molar-refractivity contribution is 6.35. The van der Waals surface area contributed by atoms with E-state index in [2.05, 4.69) is 10.5 Å². The Kier molecular flexibility index (Phi) is 3.82. The number of amides is 3. The molecule has 0 unspecified atom stereocenters. The smallest absolute Gasteiger partial charge is 0.325 e. The summed E-state index contributed by atoms with van der Waals surface area (Å²) in [7, 11) is 0. The van der Waals surface area contributed by atoms with Crippen LogP contribution in [0.2, 0.25) is 10.0 Å². The van der Waals surface area contributed by atoms with Gasteiger partial charge in [-0.05, 0) is 26.0 Å². The first-order valence-electron chi connectivity index (χ1n) is 6.83. The number of urea groups is 1. The summed E-state index contributed by atoms with van der Waals surface area (Å²) in [5.41, 5.74) is -0.268. The van der Waals surface area contributed by atoms with Crippen LogP contribution < -0.4 is 5.32 Å². The maximum Gasteiger partial charge on any atom is 0.325 e. The van der Waals surface area contributed by atoms with Crippen LogP contribution in [-0.4, -0.2) is 22.0 Å². The van der Waals surface area contributed by atoms with Crippen molar-refractivity contribution in [2.45, 2.75) is 25.9 Å². The molecular weight excluding hydrogens is 341 g/mol. The zero-order valence-corrected chi connectivity index (χ0v) is 13.9. The van der Waals surface area contributed by atoms with Crippen molar-refractivity contribution < 1.29 is 14.1 Å². The first-order valence-corrected chi connectivity index (χ1v) is 7.58. The van der Waals surface area contributed by atoms with Gasteiger partial charge in [0.1, 0.15) is 17.0 Å². The molecule has 1 aliphatic heterocycles. The minimum Gasteiger partial charge on any atom is -0.361 e. The summed E-state index contributed by atoms with van der Waals surface area (Å²) in [6, 6.07) is 5.95. The molecule has 0 bridgehead atoms. The Labute approximate surface area is 142 Å². The van der Waals surface area contributed by atoms with Crippen LogP contribution >= 0.6 is 23.2 Å². The van der Waals surface area contributed by atoms with Gasteiger partial charge in [0.05, 0.1) is 6.54 Å². The molecule has 120 valence electrons. The topological polar surface area (TPSA) is 75.4 Å². The number of hydrogen-bond donors (Lipinski definition) is 1. The summed E-state index contributed by atoms with van der Waals surface area (Å²) in [5.74, 6) is 0.197. The first-order chi connectivity index (χ1) is 10.8. The minimum absolute atomic E-state index is 0.0306. The molecule has 1 saturated heterocycles. The number of nitrogens with zero attached hydrogens (tertiary/aromatic N) is 2. The molecule has 3 rings (SSSR count). The highest BCUT2D eigenvalue weighted by Gasteiger charge is 2.50. The van der Waals surface area contributed by atoms with Crippen LogP contribution in [0.1, 0.15) is 23.9 Å². The van der Waals surface area contributed by atoms with Crippen LogP contribution in [0, 0.1) is 6.92 Å². The van der Waals surface area contributed by atoms with Crippen molar-refractivity contribution in [3.8, 4) is 0 Å². The second-order valence-electron chi connectivity index (χ2n) is 5.50. The van der Waals surface area contributed by atoms with Gasteiger partial charge >= 0.3 is 6.03 Å². The molecule has 0 aliphatic carbocycles. The predicted octanol–water partition coefficient (Wildman–Crippen LogP) is 3.26. The Morgan fingerprint density at radius 1 is 1.30 bits per heavy atom. The molecule has 3 amide bonds. The highest BCUT2D eigenvalue weighted by Crippen LogP contribution is 2.35. The van der Waals surface area contributed by atoms with Crippen LogP contribution in [0.25, 0.3) is 0 Å². The lowest BCUT2D eigenvalue weighted by molar-refractivity contribution is -0.131.